The number of anilines is 2. The van der Waals surface area contributed by atoms with Gasteiger partial charge in [-0.1, -0.05) is 32.9 Å². The SMILES string of the molecule is CCCNc1nc2c(N)nc3ccccc3n2c1CC(C)C. The minimum atomic E-state index is 0.480. The first kappa shape index (κ1) is 14.6. The second kappa shape index (κ2) is 5.83. The molecule has 3 rings (SSSR count). The number of aromatic nitrogens is 3. The van der Waals surface area contributed by atoms with Crippen molar-refractivity contribution in [2.24, 2.45) is 5.92 Å². The van der Waals surface area contributed by atoms with E-state index in [1.54, 1.807) is 0 Å². The molecule has 0 fully saturated rings. The lowest BCUT2D eigenvalue weighted by Gasteiger charge is -2.11. The molecule has 5 nitrogen and oxygen atoms in total. The molecule has 0 saturated carbocycles. The van der Waals surface area contributed by atoms with Gasteiger partial charge in [-0.2, -0.15) is 0 Å². The van der Waals surface area contributed by atoms with Crippen LogP contribution in [0.1, 0.15) is 32.9 Å². The maximum absolute atomic E-state index is 6.14. The first-order chi connectivity index (χ1) is 10.6. The maximum Gasteiger partial charge on any atom is 0.182 e. The van der Waals surface area contributed by atoms with Crippen LogP contribution in [0, 0.1) is 5.92 Å². The van der Waals surface area contributed by atoms with Crippen LogP contribution >= 0.6 is 0 Å². The molecule has 0 spiro atoms. The van der Waals surface area contributed by atoms with Crippen molar-refractivity contribution in [1.82, 2.24) is 14.4 Å². The van der Waals surface area contributed by atoms with E-state index in [2.05, 4.69) is 41.5 Å². The number of benzene rings is 1. The minimum absolute atomic E-state index is 0.480. The summed E-state index contributed by atoms with van der Waals surface area (Å²) in [7, 11) is 0. The van der Waals surface area contributed by atoms with Gasteiger partial charge in [0.15, 0.2) is 11.5 Å². The van der Waals surface area contributed by atoms with Gasteiger partial charge in [0, 0.05) is 6.54 Å². The highest BCUT2D eigenvalue weighted by Crippen LogP contribution is 2.27. The van der Waals surface area contributed by atoms with Crippen LogP contribution in [0.25, 0.3) is 16.7 Å². The number of hydrogen-bond donors (Lipinski definition) is 2. The second-order valence-corrected chi connectivity index (χ2v) is 6.08. The molecule has 0 radical (unpaired) electrons. The monoisotopic (exact) mass is 297 g/mol. The molecule has 3 aromatic rings. The summed E-state index contributed by atoms with van der Waals surface area (Å²) in [6.07, 6.45) is 2.00. The summed E-state index contributed by atoms with van der Waals surface area (Å²) >= 11 is 0. The fourth-order valence-electron chi connectivity index (χ4n) is 2.77. The molecule has 0 aliphatic rings. The molecule has 0 aliphatic carbocycles. The summed E-state index contributed by atoms with van der Waals surface area (Å²) in [6.45, 7) is 7.49. The molecule has 2 heterocycles. The van der Waals surface area contributed by atoms with Crippen LogP contribution in [0.3, 0.4) is 0 Å². The molecule has 1 aromatic carbocycles. The van der Waals surface area contributed by atoms with Crippen molar-refractivity contribution in [3.8, 4) is 0 Å². The number of imidazole rings is 1. The Balaban J connectivity index is 2.32. The number of rotatable bonds is 5. The predicted molar refractivity (Wildman–Crippen MR) is 92.2 cm³/mol. The van der Waals surface area contributed by atoms with E-state index in [1.165, 1.54) is 5.69 Å². The summed E-state index contributed by atoms with van der Waals surface area (Å²) in [5.74, 6) is 1.95. The fourth-order valence-corrected chi connectivity index (χ4v) is 2.77. The first-order valence-corrected chi connectivity index (χ1v) is 7.91. The van der Waals surface area contributed by atoms with Gasteiger partial charge in [0.05, 0.1) is 16.7 Å². The van der Waals surface area contributed by atoms with Crippen molar-refractivity contribution in [1.29, 1.82) is 0 Å². The Kier molecular flexibility index (Phi) is 3.88. The van der Waals surface area contributed by atoms with Gasteiger partial charge in [-0.25, -0.2) is 9.97 Å². The van der Waals surface area contributed by atoms with Crippen molar-refractivity contribution in [3.05, 3.63) is 30.0 Å². The topological polar surface area (TPSA) is 68.2 Å². The molecule has 0 aliphatic heterocycles. The number of hydrogen-bond acceptors (Lipinski definition) is 4. The molecule has 2 aromatic heterocycles. The van der Waals surface area contributed by atoms with Crippen molar-refractivity contribution in [2.45, 2.75) is 33.6 Å². The second-order valence-electron chi connectivity index (χ2n) is 6.08. The van der Waals surface area contributed by atoms with E-state index in [0.717, 1.165) is 41.9 Å². The third-order valence-electron chi connectivity index (χ3n) is 3.71. The van der Waals surface area contributed by atoms with E-state index < -0.39 is 0 Å². The largest absolute Gasteiger partial charge is 0.381 e. The van der Waals surface area contributed by atoms with Gasteiger partial charge in [0.25, 0.3) is 0 Å². The molecule has 116 valence electrons. The lowest BCUT2D eigenvalue weighted by atomic mass is 10.1. The summed E-state index contributed by atoms with van der Waals surface area (Å²) in [5, 5.41) is 3.43. The van der Waals surface area contributed by atoms with Crippen molar-refractivity contribution in [2.75, 3.05) is 17.6 Å². The first-order valence-electron chi connectivity index (χ1n) is 7.91. The van der Waals surface area contributed by atoms with E-state index in [0.29, 0.717) is 11.7 Å². The number of nitrogens with one attached hydrogen (secondary N) is 1. The van der Waals surface area contributed by atoms with Gasteiger partial charge in [-0.3, -0.25) is 4.40 Å². The molecular weight excluding hydrogens is 274 g/mol. The van der Waals surface area contributed by atoms with Crippen molar-refractivity contribution in [3.63, 3.8) is 0 Å². The van der Waals surface area contributed by atoms with Gasteiger partial charge in [-0.05, 0) is 30.9 Å². The number of nitrogens with zero attached hydrogens (tertiary/aromatic N) is 3. The molecule has 5 heteroatoms. The third-order valence-corrected chi connectivity index (χ3v) is 3.71. The van der Waals surface area contributed by atoms with Crippen LogP contribution in [0.5, 0.6) is 0 Å². The number of nitrogens with two attached hydrogens (primary N) is 1. The Hall–Kier alpha value is -2.30. The van der Waals surface area contributed by atoms with Gasteiger partial charge < -0.3 is 11.1 Å². The molecule has 0 amide bonds. The van der Waals surface area contributed by atoms with E-state index in [1.807, 2.05) is 18.2 Å². The summed E-state index contributed by atoms with van der Waals surface area (Å²) in [4.78, 5) is 9.20. The quantitative estimate of drug-likeness (QED) is 0.756. The van der Waals surface area contributed by atoms with Gasteiger partial charge >= 0.3 is 0 Å². The molecule has 3 N–H and O–H groups in total. The fraction of sp³-hybridized carbons (Fsp3) is 0.412. The third kappa shape index (κ3) is 2.47. The van der Waals surface area contributed by atoms with Crippen LogP contribution < -0.4 is 11.1 Å². The Morgan fingerprint density at radius 3 is 2.73 bits per heavy atom. The lowest BCUT2D eigenvalue weighted by Crippen LogP contribution is -2.07. The zero-order valence-corrected chi connectivity index (χ0v) is 13.4. The Morgan fingerprint density at radius 1 is 1.23 bits per heavy atom. The average Bonchev–Trinajstić information content (AvgIpc) is 2.84. The van der Waals surface area contributed by atoms with E-state index in [9.17, 15) is 0 Å². The number of nitrogen functional groups attached to an aromatic ring is 1. The van der Waals surface area contributed by atoms with Gasteiger partial charge in [0.1, 0.15) is 5.82 Å². The molecule has 0 bridgehead atoms. The normalized spacial score (nSPS) is 11.6. The lowest BCUT2D eigenvalue weighted by molar-refractivity contribution is 0.634. The van der Waals surface area contributed by atoms with Gasteiger partial charge in [0.2, 0.25) is 0 Å². The number of fused-ring (bicyclic) bond motifs is 3. The Morgan fingerprint density at radius 2 is 2.00 bits per heavy atom. The molecule has 0 unspecified atom stereocenters. The van der Waals surface area contributed by atoms with Crippen LogP contribution in [0.15, 0.2) is 24.3 Å². The molecule has 0 atom stereocenters. The summed E-state index contributed by atoms with van der Waals surface area (Å²) in [6, 6.07) is 8.07. The smallest absolute Gasteiger partial charge is 0.182 e. The van der Waals surface area contributed by atoms with Crippen molar-refractivity contribution < 1.29 is 0 Å². The Labute approximate surface area is 130 Å². The van der Waals surface area contributed by atoms with Gasteiger partial charge in [-0.15, -0.1) is 0 Å². The molecule has 0 saturated heterocycles. The van der Waals surface area contributed by atoms with Crippen molar-refractivity contribution >= 4 is 28.3 Å². The summed E-state index contributed by atoms with van der Waals surface area (Å²) < 4.78 is 2.16. The molecular formula is C17H23N5. The van der Waals surface area contributed by atoms with E-state index in [4.69, 9.17) is 10.7 Å². The standard InChI is InChI=1S/C17H23N5/c1-4-9-19-16-14(10-11(2)3)22-13-8-6-5-7-12(13)20-15(18)17(22)21-16/h5-8,11,19H,4,9-10H2,1-3H3,(H2,18,20). The average molecular weight is 297 g/mol. The zero-order valence-electron chi connectivity index (χ0n) is 13.4. The maximum atomic E-state index is 6.14. The predicted octanol–water partition coefficient (Wildman–Crippen LogP) is 3.49. The van der Waals surface area contributed by atoms with Crippen LogP contribution in [-0.2, 0) is 6.42 Å². The minimum Gasteiger partial charge on any atom is -0.381 e. The van der Waals surface area contributed by atoms with E-state index >= 15 is 0 Å². The van der Waals surface area contributed by atoms with Crippen LogP contribution in [-0.4, -0.2) is 20.9 Å². The Bertz CT molecular complexity index is 804. The molecule has 22 heavy (non-hydrogen) atoms. The van der Waals surface area contributed by atoms with E-state index in [-0.39, 0.29) is 0 Å². The van der Waals surface area contributed by atoms with Crippen LogP contribution in [0.2, 0.25) is 0 Å². The highest BCUT2D eigenvalue weighted by Gasteiger charge is 2.18. The summed E-state index contributed by atoms with van der Waals surface area (Å²) in [5.41, 5.74) is 10.0. The number of para-hydroxylation sites is 2. The van der Waals surface area contributed by atoms with Crippen LogP contribution in [0.4, 0.5) is 11.6 Å². The highest BCUT2D eigenvalue weighted by molar-refractivity contribution is 5.84. The highest BCUT2D eigenvalue weighted by atomic mass is 15.1. The zero-order chi connectivity index (χ0) is 15.7.